The number of allylic oxidation sites excluding steroid dienone is 3. The summed E-state index contributed by atoms with van der Waals surface area (Å²) in [7, 11) is 0. The topological polar surface area (TPSA) is 82.4 Å². The van der Waals surface area contributed by atoms with E-state index in [4.69, 9.17) is 9.94 Å². The van der Waals surface area contributed by atoms with Gasteiger partial charge in [-0.2, -0.15) is 0 Å². The van der Waals surface area contributed by atoms with Crippen molar-refractivity contribution in [3.63, 3.8) is 0 Å². The van der Waals surface area contributed by atoms with Crippen LogP contribution in [0.15, 0.2) is 71.2 Å². The number of benzene rings is 1. The molecular weight excluding hydrogens is 296 g/mol. The first-order valence-corrected chi connectivity index (χ1v) is 7.19. The van der Waals surface area contributed by atoms with E-state index < -0.39 is 12.1 Å². The van der Waals surface area contributed by atoms with Crippen molar-refractivity contribution in [2.75, 3.05) is 13.2 Å². The summed E-state index contributed by atoms with van der Waals surface area (Å²) in [6, 6.07) is 9.35. The van der Waals surface area contributed by atoms with Crippen molar-refractivity contribution < 1.29 is 19.8 Å². The highest BCUT2D eigenvalue weighted by atomic mass is 16.7. The van der Waals surface area contributed by atoms with Crippen LogP contribution >= 0.6 is 0 Å². The lowest BCUT2D eigenvalue weighted by atomic mass is 9.97. The molecule has 1 atom stereocenters. The highest BCUT2D eigenvalue weighted by Gasteiger charge is 2.29. The summed E-state index contributed by atoms with van der Waals surface area (Å²) >= 11 is 0. The Kier molecular flexibility index (Phi) is 4.36. The molecule has 0 amide bonds. The lowest BCUT2D eigenvalue weighted by molar-refractivity contribution is -0.136. The number of carbonyl (C=O) groups is 1. The minimum atomic E-state index is -0.823. The Morgan fingerprint density at radius 2 is 1.87 bits per heavy atom. The molecule has 0 bridgehead atoms. The zero-order valence-corrected chi connectivity index (χ0v) is 12.3. The highest BCUT2D eigenvalue weighted by molar-refractivity contribution is 6.29. The Labute approximate surface area is 133 Å². The number of nitrogens with zero attached hydrogens (tertiary/aromatic N) is 2. The Morgan fingerprint density at radius 3 is 2.52 bits per heavy atom. The summed E-state index contributed by atoms with van der Waals surface area (Å²) in [6.07, 6.45) is 6.15. The van der Waals surface area contributed by atoms with E-state index in [0.29, 0.717) is 16.9 Å². The van der Waals surface area contributed by atoms with E-state index in [2.05, 4.69) is 5.16 Å². The fourth-order valence-corrected chi connectivity index (χ4v) is 2.37. The van der Waals surface area contributed by atoms with Crippen LogP contribution in [0.25, 0.3) is 0 Å². The first-order chi connectivity index (χ1) is 11.2. The van der Waals surface area contributed by atoms with Gasteiger partial charge in [0, 0.05) is 18.0 Å². The minimum Gasteiger partial charge on any atom is -0.394 e. The van der Waals surface area contributed by atoms with E-state index in [-0.39, 0.29) is 13.2 Å². The van der Waals surface area contributed by atoms with Crippen molar-refractivity contribution in [2.45, 2.75) is 6.10 Å². The largest absolute Gasteiger partial charge is 0.394 e. The molecule has 2 N–H and O–H groups in total. The van der Waals surface area contributed by atoms with E-state index in [0.717, 1.165) is 5.56 Å². The molecule has 2 aliphatic heterocycles. The summed E-state index contributed by atoms with van der Waals surface area (Å²) in [4.78, 5) is 18.6. The van der Waals surface area contributed by atoms with Crippen molar-refractivity contribution in [1.82, 2.24) is 4.90 Å². The number of oxime groups is 1. The molecule has 6 heteroatoms. The molecule has 23 heavy (non-hydrogen) atoms. The molecular formula is C17H16N2O4. The van der Waals surface area contributed by atoms with Gasteiger partial charge < -0.3 is 20.0 Å². The summed E-state index contributed by atoms with van der Waals surface area (Å²) in [6.45, 7) is -0.0283. The van der Waals surface area contributed by atoms with Crippen LogP contribution in [0.2, 0.25) is 0 Å². The van der Waals surface area contributed by atoms with Gasteiger partial charge in [-0.05, 0) is 17.7 Å². The first kappa shape index (κ1) is 15.2. The van der Waals surface area contributed by atoms with Crippen LogP contribution in [0, 0.1) is 0 Å². The van der Waals surface area contributed by atoms with Crippen molar-refractivity contribution in [3.05, 3.63) is 71.6 Å². The molecule has 0 aromatic heterocycles. The maximum atomic E-state index is 12.0. The molecule has 1 aromatic rings. The van der Waals surface area contributed by atoms with Gasteiger partial charge in [0.25, 0.3) is 0 Å². The average molecular weight is 312 g/mol. The molecule has 2 aliphatic rings. The Morgan fingerprint density at radius 1 is 1.17 bits per heavy atom. The van der Waals surface area contributed by atoms with Crippen LogP contribution in [-0.4, -0.2) is 46.0 Å². The first-order valence-electron chi connectivity index (χ1n) is 7.19. The van der Waals surface area contributed by atoms with Gasteiger partial charge in [0.1, 0.15) is 5.71 Å². The standard InChI is InChI=1S/C17H16N2O4/c20-11-14(21)10-19-8-6-12(7-9-19)15-16(18-23-17(15)22)13-4-2-1-3-5-13/h1-9,14,20-21H,10-11H2. The molecule has 0 saturated carbocycles. The number of aliphatic hydroxyl groups excluding tert-OH is 2. The van der Waals surface area contributed by atoms with Gasteiger partial charge in [-0.25, -0.2) is 4.79 Å². The van der Waals surface area contributed by atoms with E-state index in [1.54, 1.807) is 29.5 Å². The Balaban J connectivity index is 1.86. The summed E-state index contributed by atoms with van der Waals surface area (Å²) < 4.78 is 0. The molecule has 0 aliphatic carbocycles. The number of rotatable bonds is 4. The SMILES string of the molecule is O=C1ON=C(c2ccccc2)C1=C1C=CN(CC(O)CO)C=C1. The fourth-order valence-electron chi connectivity index (χ4n) is 2.37. The Bertz CT molecular complexity index is 703. The molecule has 1 unspecified atom stereocenters. The normalized spacial score (nSPS) is 18.3. The van der Waals surface area contributed by atoms with Gasteiger partial charge in [-0.1, -0.05) is 35.5 Å². The van der Waals surface area contributed by atoms with Crippen molar-refractivity contribution in [3.8, 4) is 0 Å². The fraction of sp³-hybridized carbons (Fsp3) is 0.176. The van der Waals surface area contributed by atoms with Crippen molar-refractivity contribution in [2.24, 2.45) is 5.16 Å². The number of β-amino-alcohol motifs (C(OH)–C–C–N with tert-alkyl or cyclic N) is 1. The van der Waals surface area contributed by atoms with Crippen LogP contribution in [0.5, 0.6) is 0 Å². The number of hydrogen-bond donors (Lipinski definition) is 2. The number of aliphatic hydroxyl groups is 2. The summed E-state index contributed by atoms with van der Waals surface area (Å²) in [5.74, 6) is -0.489. The third-order valence-corrected chi connectivity index (χ3v) is 3.52. The molecule has 0 fully saturated rings. The second-order valence-electron chi connectivity index (χ2n) is 5.18. The van der Waals surface area contributed by atoms with Crippen LogP contribution < -0.4 is 0 Å². The quantitative estimate of drug-likeness (QED) is 0.639. The molecule has 0 spiro atoms. The lowest BCUT2D eigenvalue weighted by Gasteiger charge is -2.21. The van der Waals surface area contributed by atoms with Crippen molar-refractivity contribution >= 4 is 11.7 Å². The molecule has 0 saturated heterocycles. The second kappa shape index (κ2) is 6.60. The minimum absolute atomic E-state index is 0.274. The van der Waals surface area contributed by atoms with Gasteiger partial charge in [0.2, 0.25) is 0 Å². The zero-order valence-electron chi connectivity index (χ0n) is 12.3. The number of hydrogen-bond acceptors (Lipinski definition) is 6. The monoisotopic (exact) mass is 312 g/mol. The summed E-state index contributed by atoms with van der Waals surface area (Å²) in [5.41, 5.74) is 2.40. The predicted molar refractivity (Wildman–Crippen MR) is 84.2 cm³/mol. The molecule has 3 rings (SSSR count). The molecule has 118 valence electrons. The van der Waals surface area contributed by atoms with Crippen LogP contribution in [-0.2, 0) is 9.63 Å². The van der Waals surface area contributed by atoms with Gasteiger partial charge in [0.05, 0.1) is 24.8 Å². The smallest absolute Gasteiger partial charge is 0.368 e. The number of carbonyl (C=O) groups excluding carboxylic acids is 1. The zero-order chi connectivity index (χ0) is 16.2. The van der Waals surface area contributed by atoms with Gasteiger partial charge in [0.15, 0.2) is 0 Å². The molecule has 0 radical (unpaired) electrons. The molecule has 1 aromatic carbocycles. The maximum absolute atomic E-state index is 12.0. The Hall–Kier alpha value is -2.70. The van der Waals surface area contributed by atoms with Gasteiger partial charge in [-0.15, -0.1) is 0 Å². The third-order valence-electron chi connectivity index (χ3n) is 3.52. The average Bonchev–Trinajstić information content (AvgIpc) is 2.98. The maximum Gasteiger partial charge on any atom is 0.368 e. The summed E-state index contributed by atoms with van der Waals surface area (Å²) in [5, 5.41) is 22.2. The van der Waals surface area contributed by atoms with Crippen molar-refractivity contribution in [1.29, 1.82) is 0 Å². The van der Waals surface area contributed by atoms with Crippen LogP contribution in [0.3, 0.4) is 0 Å². The lowest BCUT2D eigenvalue weighted by Crippen LogP contribution is -2.28. The second-order valence-corrected chi connectivity index (χ2v) is 5.18. The predicted octanol–water partition coefficient (Wildman–Crippen LogP) is 0.940. The van der Waals surface area contributed by atoms with Crippen LogP contribution in [0.1, 0.15) is 5.56 Å². The van der Waals surface area contributed by atoms with Gasteiger partial charge >= 0.3 is 5.97 Å². The molecule has 6 nitrogen and oxygen atoms in total. The van der Waals surface area contributed by atoms with E-state index >= 15 is 0 Å². The third kappa shape index (κ3) is 3.23. The van der Waals surface area contributed by atoms with E-state index in [1.807, 2.05) is 30.3 Å². The highest BCUT2D eigenvalue weighted by Crippen LogP contribution is 2.24. The van der Waals surface area contributed by atoms with E-state index in [1.165, 1.54) is 0 Å². The van der Waals surface area contributed by atoms with Gasteiger partial charge in [-0.3, -0.25) is 0 Å². The van der Waals surface area contributed by atoms with Crippen LogP contribution in [0.4, 0.5) is 0 Å². The van der Waals surface area contributed by atoms with E-state index in [9.17, 15) is 9.90 Å². The molecule has 2 heterocycles.